The van der Waals surface area contributed by atoms with Gasteiger partial charge in [0.15, 0.2) is 0 Å². The lowest BCUT2D eigenvalue weighted by Crippen LogP contribution is -2.53. The number of hydrogen-bond acceptors (Lipinski definition) is 4. The zero-order chi connectivity index (χ0) is 10.8. The highest BCUT2D eigenvalue weighted by molar-refractivity contribution is 7.09. The van der Waals surface area contributed by atoms with Crippen molar-refractivity contribution in [2.45, 2.75) is 39.4 Å². The molecule has 2 atom stereocenters. The van der Waals surface area contributed by atoms with E-state index in [9.17, 15) is 0 Å². The summed E-state index contributed by atoms with van der Waals surface area (Å²) in [6.45, 7) is 9.79. The average Bonchev–Trinajstić information content (AvgIpc) is 2.58. The van der Waals surface area contributed by atoms with Crippen molar-refractivity contribution in [3.05, 3.63) is 16.1 Å². The van der Waals surface area contributed by atoms with Crippen LogP contribution < -0.4 is 5.32 Å². The Hall–Kier alpha value is -0.450. The van der Waals surface area contributed by atoms with Gasteiger partial charge in [-0.2, -0.15) is 0 Å². The summed E-state index contributed by atoms with van der Waals surface area (Å²) in [6, 6.07) is 1.21. The number of hydrogen-bond donors (Lipinski definition) is 1. The highest BCUT2D eigenvalue weighted by atomic mass is 32.1. The van der Waals surface area contributed by atoms with Gasteiger partial charge >= 0.3 is 0 Å². The van der Waals surface area contributed by atoms with Crippen LogP contribution in [0.2, 0.25) is 0 Å². The second-order valence-corrected chi connectivity index (χ2v) is 5.51. The molecule has 0 aliphatic carbocycles. The zero-order valence-corrected chi connectivity index (χ0v) is 10.5. The molecular formula is C11H19N3S. The molecule has 2 rings (SSSR count). The number of rotatable bonds is 2. The van der Waals surface area contributed by atoms with E-state index in [2.05, 4.69) is 41.4 Å². The van der Waals surface area contributed by atoms with Gasteiger partial charge in [-0.1, -0.05) is 0 Å². The van der Waals surface area contributed by atoms with E-state index in [1.165, 1.54) is 10.7 Å². The van der Waals surface area contributed by atoms with Crippen molar-refractivity contribution >= 4 is 11.3 Å². The molecule has 1 aliphatic heterocycles. The fourth-order valence-corrected chi connectivity index (χ4v) is 2.61. The van der Waals surface area contributed by atoms with Gasteiger partial charge in [0.05, 0.1) is 10.7 Å². The minimum atomic E-state index is 0.598. The highest BCUT2D eigenvalue weighted by Crippen LogP contribution is 2.14. The Morgan fingerprint density at radius 1 is 1.60 bits per heavy atom. The molecule has 1 fully saturated rings. The number of piperazine rings is 1. The van der Waals surface area contributed by atoms with E-state index in [4.69, 9.17) is 0 Å². The molecule has 1 aliphatic rings. The summed E-state index contributed by atoms with van der Waals surface area (Å²) >= 11 is 1.74. The maximum Gasteiger partial charge on any atom is 0.0897 e. The zero-order valence-electron chi connectivity index (χ0n) is 9.66. The lowest BCUT2D eigenvalue weighted by atomic mass is 10.1. The summed E-state index contributed by atoms with van der Waals surface area (Å²) in [7, 11) is 0. The maximum atomic E-state index is 4.52. The topological polar surface area (TPSA) is 28.2 Å². The van der Waals surface area contributed by atoms with Gasteiger partial charge in [0.2, 0.25) is 0 Å². The minimum Gasteiger partial charge on any atom is -0.311 e. The quantitative estimate of drug-likeness (QED) is 0.829. The first-order valence-corrected chi connectivity index (χ1v) is 6.41. The van der Waals surface area contributed by atoms with Gasteiger partial charge in [-0.25, -0.2) is 4.98 Å². The number of aromatic nitrogens is 1. The molecule has 84 valence electrons. The molecule has 0 radical (unpaired) electrons. The van der Waals surface area contributed by atoms with Crippen LogP contribution in [0.4, 0.5) is 0 Å². The number of aryl methyl sites for hydroxylation is 1. The molecule has 1 saturated heterocycles. The van der Waals surface area contributed by atoms with E-state index in [0.717, 1.165) is 19.6 Å². The highest BCUT2D eigenvalue weighted by Gasteiger charge is 2.22. The number of nitrogens with one attached hydrogen (secondary N) is 1. The van der Waals surface area contributed by atoms with Crippen molar-refractivity contribution < 1.29 is 0 Å². The van der Waals surface area contributed by atoms with Gasteiger partial charge in [-0.3, -0.25) is 4.90 Å². The fraction of sp³-hybridized carbons (Fsp3) is 0.727. The van der Waals surface area contributed by atoms with Crippen LogP contribution in [-0.4, -0.2) is 35.1 Å². The van der Waals surface area contributed by atoms with E-state index in [0.29, 0.717) is 12.1 Å². The van der Waals surface area contributed by atoms with Crippen LogP contribution in [0.25, 0.3) is 0 Å². The molecule has 15 heavy (non-hydrogen) atoms. The summed E-state index contributed by atoms with van der Waals surface area (Å²) in [5.41, 5.74) is 1.22. The molecule has 2 heterocycles. The van der Waals surface area contributed by atoms with Crippen LogP contribution in [0.5, 0.6) is 0 Å². The predicted octanol–water partition coefficient (Wildman–Crippen LogP) is 1.63. The monoisotopic (exact) mass is 225 g/mol. The standard InChI is InChI=1S/C11H19N3S/c1-8-5-14(9(2)4-12-8)6-11-7-15-10(3)13-11/h7-9,12H,4-6H2,1-3H3/t8-,9+/m0/s1. The second kappa shape index (κ2) is 4.60. The Labute approximate surface area is 95.5 Å². The lowest BCUT2D eigenvalue weighted by molar-refractivity contribution is 0.137. The third-order valence-corrected chi connectivity index (χ3v) is 3.75. The third kappa shape index (κ3) is 2.77. The predicted molar refractivity (Wildman–Crippen MR) is 64.2 cm³/mol. The minimum absolute atomic E-state index is 0.598. The summed E-state index contributed by atoms with van der Waals surface area (Å²) in [6.07, 6.45) is 0. The fourth-order valence-electron chi connectivity index (χ4n) is 2.01. The lowest BCUT2D eigenvalue weighted by Gasteiger charge is -2.37. The van der Waals surface area contributed by atoms with Crippen LogP contribution in [-0.2, 0) is 6.54 Å². The van der Waals surface area contributed by atoms with E-state index in [1.807, 2.05) is 0 Å². The summed E-state index contributed by atoms with van der Waals surface area (Å²) < 4.78 is 0. The number of nitrogens with zero attached hydrogens (tertiary/aromatic N) is 2. The summed E-state index contributed by atoms with van der Waals surface area (Å²) in [4.78, 5) is 7.03. The molecule has 3 nitrogen and oxygen atoms in total. The Kier molecular flexibility index (Phi) is 3.38. The van der Waals surface area contributed by atoms with Gasteiger partial charge in [-0.15, -0.1) is 11.3 Å². The number of thiazole rings is 1. The Balaban J connectivity index is 1.98. The second-order valence-electron chi connectivity index (χ2n) is 4.45. The van der Waals surface area contributed by atoms with Gasteiger partial charge in [0.1, 0.15) is 0 Å². The first-order valence-electron chi connectivity index (χ1n) is 5.53. The molecule has 1 aromatic rings. The molecule has 0 aromatic carbocycles. The summed E-state index contributed by atoms with van der Waals surface area (Å²) in [5.74, 6) is 0. The van der Waals surface area contributed by atoms with Crippen molar-refractivity contribution in [1.82, 2.24) is 15.2 Å². The van der Waals surface area contributed by atoms with Gasteiger partial charge < -0.3 is 5.32 Å². The third-order valence-electron chi connectivity index (χ3n) is 2.93. The maximum absolute atomic E-state index is 4.52. The van der Waals surface area contributed by atoms with Gasteiger partial charge in [0, 0.05) is 37.1 Å². The molecule has 0 saturated carbocycles. The van der Waals surface area contributed by atoms with E-state index < -0.39 is 0 Å². The molecule has 1 N–H and O–H groups in total. The molecule has 0 bridgehead atoms. The van der Waals surface area contributed by atoms with E-state index in [-0.39, 0.29) is 0 Å². The Morgan fingerprint density at radius 3 is 3.07 bits per heavy atom. The van der Waals surface area contributed by atoms with Crippen LogP contribution in [0.1, 0.15) is 24.5 Å². The molecule has 1 aromatic heterocycles. The SMILES string of the molecule is Cc1nc(CN2C[C@H](C)NC[C@H]2C)cs1. The first-order chi connectivity index (χ1) is 7.15. The molecule has 0 spiro atoms. The van der Waals surface area contributed by atoms with Crippen LogP contribution in [0, 0.1) is 6.92 Å². The smallest absolute Gasteiger partial charge is 0.0897 e. The van der Waals surface area contributed by atoms with Gasteiger partial charge in [-0.05, 0) is 20.8 Å². The van der Waals surface area contributed by atoms with Gasteiger partial charge in [0.25, 0.3) is 0 Å². The molecular weight excluding hydrogens is 206 g/mol. The molecule has 0 unspecified atom stereocenters. The van der Waals surface area contributed by atoms with Crippen LogP contribution in [0.15, 0.2) is 5.38 Å². The molecule has 0 amide bonds. The van der Waals surface area contributed by atoms with E-state index in [1.54, 1.807) is 11.3 Å². The molecule has 4 heteroatoms. The van der Waals surface area contributed by atoms with E-state index >= 15 is 0 Å². The van der Waals surface area contributed by atoms with Crippen molar-refractivity contribution in [3.8, 4) is 0 Å². The van der Waals surface area contributed by atoms with Crippen LogP contribution in [0.3, 0.4) is 0 Å². The summed E-state index contributed by atoms with van der Waals surface area (Å²) in [5, 5.41) is 6.84. The first kappa shape index (κ1) is 11.0. The van der Waals surface area contributed by atoms with Crippen molar-refractivity contribution in [2.24, 2.45) is 0 Å². The Morgan fingerprint density at radius 2 is 2.40 bits per heavy atom. The van der Waals surface area contributed by atoms with Crippen molar-refractivity contribution in [3.63, 3.8) is 0 Å². The van der Waals surface area contributed by atoms with Crippen molar-refractivity contribution in [1.29, 1.82) is 0 Å². The van der Waals surface area contributed by atoms with Crippen LogP contribution >= 0.6 is 11.3 Å². The Bertz CT molecular complexity index is 323. The largest absolute Gasteiger partial charge is 0.311 e. The van der Waals surface area contributed by atoms with Crippen molar-refractivity contribution in [2.75, 3.05) is 13.1 Å². The normalized spacial score (nSPS) is 28.2. The average molecular weight is 225 g/mol.